The maximum absolute atomic E-state index is 11.7. The molecule has 4 heteroatoms. The largest absolute Gasteiger partial charge is 0.481 e. The summed E-state index contributed by atoms with van der Waals surface area (Å²) in [6.45, 7) is 3.97. The van der Waals surface area contributed by atoms with Gasteiger partial charge in [0, 0.05) is 6.42 Å². The van der Waals surface area contributed by atoms with Crippen molar-refractivity contribution in [1.82, 2.24) is 0 Å². The van der Waals surface area contributed by atoms with E-state index in [1.54, 1.807) is 0 Å². The normalized spacial score (nSPS) is 13.0. The van der Waals surface area contributed by atoms with E-state index in [0.29, 0.717) is 12.8 Å². The highest BCUT2D eigenvalue weighted by atomic mass is 16.5. The first kappa shape index (κ1) is 25.2. The van der Waals surface area contributed by atoms with Crippen LogP contribution < -0.4 is 0 Å². The monoisotopic (exact) mass is 378 g/mol. The number of allylic oxidation sites excluding steroid dienone is 6. The summed E-state index contributed by atoms with van der Waals surface area (Å²) in [7, 11) is 0. The molecular weight excluding hydrogens is 340 g/mol. The average molecular weight is 379 g/mol. The second-order valence-corrected chi connectivity index (χ2v) is 6.72. The molecule has 0 fully saturated rings. The topological polar surface area (TPSA) is 63.6 Å². The van der Waals surface area contributed by atoms with Crippen molar-refractivity contribution in [3.63, 3.8) is 0 Å². The molecule has 0 aliphatic heterocycles. The van der Waals surface area contributed by atoms with E-state index in [2.05, 4.69) is 43.4 Å². The maximum atomic E-state index is 11.7. The molecule has 0 aromatic rings. The van der Waals surface area contributed by atoms with Crippen molar-refractivity contribution >= 4 is 11.9 Å². The van der Waals surface area contributed by atoms with E-state index in [4.69, 9.17) is 9.84 Å². The van der Waals surface area contributed by atoms with Crippen molar-refractivity contribution in [2.45, 2.75) is 97.0 Å². The van der Waals surface area contributed by atoms with E-state index in [1.165, 1.54) is 12.8 Å². The summed E-state index contributed by atoms with van der Waals surface area (Å²) in [5, 5.41) is 8.74. The van der Waals surface area contributed by atoms with Crippen LogP contribution in [0.4, 0.5) is 0 Å². The summed E-state index contributed by atoms with van der Waals surface area (Å²) >= 11 is 0. The van der Waals surface area contributed by atoms with Gasteiger partial charge in [0.1, 0.15) is 6.10 Å². The Balaban J connectivity index is 3.51. The van der Waals surface area contributed by atoms with Crippen molar-refractivity contribution in [3.05, 3.63) is 36.5 Å². The second-order valence-electron chi connectivity index (χ2n) is 6.72. The first-order valence-electron chi connectivity index (χ1n) is 10.5. The highest BCUT2D eigenvalue weighted by Gasteiger charge is 2.15. The number of carbonyl (C=O) groups excluding carboxylic acids is 1. The van der Waals surface area contributed by atoms with Gasteiger partial charge in [-0.25, -0.2) is 0 Å². The quantitative estimate of drug-likeness (QED) is 0.181. The fourth-order valence-electron chi connectivity index (χ4n) is 2.60. The number of carboxylic acid groups (broad SMARTS) is 1. The minimum atomic E-state index is -0.927. The van der Waals surface area contributed by atoms with Gasteiger partial charge in [0.2, 0.25) is 0 Å². The lowest BCUT2D eigenvalue weighted by molar-refractivity contribution is -0.153. The van der Waals surface area contributed by atoms with E-state index < -0.39 is 12.1 Å². The van der Waals surface area contributed by atoms with Gasteiger partial charge in [-0.1, -0.05) is 69.6 Å². The van der Waals surface area contributed by atoms with Crippen LogP contribution in [0.5, 0.6) is 0 Å². The van der Waals surface area contributed by atoms with Crippen LogP contribution in [0.1, 0.15) is 90.9 Å². The zero-order chi connectivity index (χ0) is 20.2. The molecule has 154 valence electrons. The van der Waals surface area contributed by atoms with Crippen molar-refractivity contribution in [1.29, 1.82) is 0 Å². The Labute approximate surface area is 165 Å². The van der Waals surface area contributed by atoms with Gasteiger partial charge in [0.15, 0.2) is 0 Å². The van der Waals surface area contributed by atoms with Gasteiger partial charge in [-0.15, -0.1) is 0 Å². The first-order chi connectivity index (χ1) is 13.1. The Kier molecular flexibility index (Phi) is 17.6. The Hall–Kier alpha value is -1.84. The van der Waals surface area contributed by atoms with Crippen molar-refractivity contribution in [3.8, 4) is 0 Å². The number of rotatable bonds is 17. The van der Waals surface area contributed by atoms with Crippen LogP contribution in [0.15, 0.2) is 36.5 Å². The lowest BCUT2D eigenvalue weighted by Gasteiger charge is -2.13. The number of hydrogen-bond acceptors (Lipinski definition) is 3. The molecule has 0 saturated carbocycles. The summed E-state index contributed by atoms with van der Waals surface area (Å²) in [4.78, 5) is 22.4. The smallest absolute Gasteiger partial charge is 0.307 e. The molecule has 0 aromatic carbocycles. The van der Waals surface area contributed by atoms with Crippen LogP contribution >= 0.6 is 0 Å². The summed E-state index contributed by atoms with van der Waals surface area (Å²) in [5.74, 6) is -1.20. The van der Waals surface area contributed by atoms with Gasteiger partial charge in [-0.2, -0.15) is 0 Å². The fraction of sp³-hybridized carbons (Fsp3) is 0.652. The predicted octanol–water partition coefficient (Wildman–Crippen LogP) is 6.37. The third-order valence-corrected chi connectivity index (χ3v) is 4.19. The Bertz CT molecular complexity index is 463. The molecule has 27 heavy (non-hydrogen) atoms. The van der Waals surface area contributed by atoms with Crippen molar-refractivity contribution in [2.24, 2.45) is 0 Å². The second kappa shape index (κ2) is 18.9. The number of unbranched alkanes of at least 4 members (excludes halogenated alkanes) is 5. The zero-order valence-electron chi connectivity index (χ0n) is 17.2. The van der Waals surface area contributed by atoms with E-state index in [-0.39, 0.29) is 12.4 Å². The molecule has 1 unspecified atom stereocenters. The molecule has 0 aliphatic rings. The summed E-state index contributed by atoms with van der Waals surface area (Å²) in [6, 6.07) is 0. The van der Waals surface area contributed by atoms with Gasteiger partial charge in [0.25, 0.3) is 0 Å². The SMILES string of the molecule is CC/C=C\C/C=C\C/C=C\CCCCCCCC(=O)OC(CC)CC(=O)O. The molecule has 0 radical (unpaired) electrons. The molecule has 0 heterocycles. The number of carboxylic acids is 1. The third kappa shape index (κ3) is 18.7. The number of aliphatic carboxylic acids is 1. The summed E-state index contributed by atoms with van der Waals surface area (Å²) in [5.41, 5.74) is 0. The van der Waals surface area contributed by atoms with E-state index in [1.807, 2.05) is 6.92 Å². The maximum Gasteiger partial charge on any atom is 0.307 e. The van der Waals surface area contributed by atoms with E-state index in [0.717, 1.165) is 44.9 Å². The van der Waals surface area contributed by atoms with E-state index in [9.17, 15) is 9.59 Å². The Morgan fingerprint density at radius 3 is 2.07 bits per heavy atom. The molecule has 1 N–H and O–H groups in total. The molecule has 0 saturated heterocycles. The number of ether oxygens (including phenoxy) is 1. The molecule has 0 aliphatic carbocycles. The number of hydrogen-bond donors (Lipinski definition) is 1. The molecule has 4 nitrogen and oxygen atoms in total. The Morgan fingerprint density at radius 2 is 1.44 bits per heavy atom. The minimum Gasteiger partial charge on any atom is -0.481 e. The zero-order valence-corrected chi connectivity index (χ0v) is 17.2. The van der Waals surface area contributed by atoms with Gasteiger partial charge in [-0.3, -0.25) is 9.59 Å². The van der Waals surface area contributed by atoms with Crippen LogP contribution in [0.3, 0.4) is 0 Å². The van der Waals surface area contributed by atoms with Gasteiger partial charge >= 0.3 is 11.9 Å². The van der Waals surface area contributed by atoms with Crippen LogP contribution in [-0.2, 0) is 14.3 Å². The molecule has 0 spiro atoms. The predicted molar refractivity (Wildman–Crippen MR) is 112 cm³/mol. The van der Waals surface area contributed by atoms with Crippen LogP contribution in [0.2, 0.25) is 0 Å². The standard InChI is InChI=1S/C23H38O4/c1-3-5-6-7-8-9-10-11-12-13-14-15-16-17-18-19-23(26)27-21(4-2)20-22(24)25/h5-6,8-9,11-12,21H,3-4,7,10,13-20H2,1-2H3,(H,24,25)/b6-5-,9-8-,12-11-. The molecular formula is C23H38O4. The molecule has 0 aromatic heterocycles. The Morgan fingerprint density at radius 1 is 0.852 bits per heavy atom. The molecule has 1 atom stereocenters. The number of esters is 1. The summed E-state index contributed by atoms with van der Waals surface area (Å²) in [6.07, 6.45) is 23.1. The number of carbonyl (C=O) groups is 2. The van der Waals surface area contributed by atoms with Gasteiger partial charge in [-0.05, 0) is 44.9 Å². The molecule has 0 amide bonds. The lowest BCUT2D eigenvalue weighted by Crippen LogP contribution is -2.20. The van der Waals surface area contributed by atoms with Crippen molar-refractivity contribution < 1.29 is 19.4 Å². The lowest BCUT2D eigenvalue weighted by atomic mass is 10.1. The summed E-state index contributed by atoms with van der Waals surface area (Å²) < 4.78 is 5.19. The average Bonchev–Trinajstić information content (AvgIpc) is 2.64. The molecule has 0 rings (SSSR count). The highest BCUT2D eigenvalue weighted by molar-refractivity contribution is 5.71. The fourth-order valence-corrected chi connectivity index (χ4v) is 2.60. The third-order valence-electron chi connectivity index (χ3n) is 4.19. The highest BCUT2D eigenvalue weighted by Crippen LogP contribution is 2.11. The first-order valence-corrected chi connectivity index (χ1v) is 10.5. The molecule has 0 bridgehead atoms. The van der Waals surface area contributed by atoms with Crippen LogP contribution in [0.25, 0.3) is 0 Å². The van der Waals surface area contributed by atoms with Gasteiger partial charge < -0.3 is 9.84 Å². The van der Waals surface area contributed by atoms with Crippen LogP contribution in [0, 0.1) is 0 Å². The van der Waals surface area contributed by atoms with Crippen LogP contribution in [-0.4, -0.2) is 23.1 Å². The minimum absolute atomic E-state index is 0.110. The van der Waals surface area contributed by atoms with Crippen molar-refractivity contribution in [2.75, 3.05) is 0 Å². The van der Waals surface area contributed by atoms with Gasteiger partial charge in [0.05, 0.1) is 6.42 Å². The van der Waals surface area contributed by atoms with E-state index >= 15 is 0 Å².